The molecule has 55 heavy (non-hydrogen) atoms. The molecule has 3 aliphatic rings. The Hall–Kier alpha value is -3.32. The SMILES string of the molecule is C=C1CO[C@]2(C)[C@@H](CC)OC(=O)C(C)C(=O)[C@H](C)[C@@H](O[C@@H]3O[C@H](C)C[C@H](N(C)C)[C@H]3O)[C@](C)(OC/C=C\c3cnc4ccccc4c3)C[C@@H](C)C(=O)C(C)[C@H]12. The number of esters is 1. The fourth-order valence-corrected chi connectivity index (χ4v) is 9.25. The van der Waals surface area contributed by atoms with Crippen LogP contribution in [0.1, 0.15) is 80.2 Å². The monoisotopic (exact) mass is 762 g/mol. The predicted molar refractivity (Wildman–Crippen MR) is 211 cm³/mol. The Morgan fingerprint density at radius 3 is 2.45 bits per heavy atom. The van der Waals surface area contributed by atoms with Gasteiger partial charge in [0.1, 0.15) is 29.5 Å². The number of nitrogens with zero attached hydrogens (tertiary/aromatic N) is 2. The fraction of sp³-hybridized carbons (Fsp3) is 0.636. The highest BCUT2D eigenvalue weighted by Crippen LogP contribution is 2.46. The number of fused-ring (bicyclic) bond motifs is 2. The van der Waals surface area contributed by atoms with Gasteiger partial charge in [-0.2, -0.15) is 0 Å². The van der Waals surface area contributed by atoms with Crippen LogP contribution in [0.25, 0.3) is 17.0 Å². The van der Waals surface area contributed by atoms with Gasteiger partial charge in [-0.25, -0.2) is 0 Å². The van der Waals surface area contributed by atoms with Crippen LogP contribution in [0.15, 0.2) is 54.8 Å². The largest absolute Gasteiger partial charge is 0.459 e. The van der Waals surface area contributed by atoms with Crippen LogP contribution in [-0.4, -0.2) is 108 Å². The lowest BCUT2D eigenvalue weighted by Gasteiger charge is -2.47. The molecule has 0 aliphatic carbocycles. The third-order valence-electron chi connectivity index (χ3n) is 12.3. The third-order valence-corrected chi connectivity index (χ3v) is 12.3. The summed E-state index contributed by atoms with van der Waals surface area (Å²) in [6.45, 7) is 19.2. The summed E-state index contributed by atoms with van der Waals surface area (Å²) in [4.78, 5) is 49.4. The van der Waals surface area contributed by atoms with Gasteiger partial charge in [0, 0.05) is 41.3 Å². The lowest BCUT2D eigenvalue weighted by molar-refractivity contribution is -0.296. The van der Waals surface area contributed by atoms with Gasteiger partial charge in [0.2, 0.25) is 0 Å². The van der Waals surface area contributed by atoms with Crippen molar-refractivity contribution in [2.75, 3.05) is 27.3 Å². The van der Waals surface area contributed by atoms with Gasteiger partial charge in [-0.15, -0.1) is 0 Å². The Kier molecular flexibility index (Phi) is 13.6. The lowest BCUT2D eigenvalue weighted by atomic mass is 9.69. The Balaban J connectivity index is 1.56. The van der Waals surface area contributed by atoms with Crippen LogP contribution in [-0.2, 0) is 38.1 Å². The van der Waals surface area contributed by atoms with Gasteiger partial charge in [0.05, 0.1) is 36.5 Å². The predicted octanol–water partition coefficient (Wildman–Crippen LogP) is 6.20. The third kappa shape index (κ3) is 8.97. The van der Waals surface area contributed by atoms with Crippen molar-refractivity contribution in [3.05, 3.63) is 60.3 Å². The maximum atomic E-state index is 14.6. The molecule has 3 saturated heterocycles. The van der Waals surface area contributed by atoms with Crippen molar-refractivity contribution in [2.24, 2.45) is 29.6 Å². The topological polar surface area (TPSA) is 134 Å². The zero-order valence-electron chi connectivity index (χ0n) is 34.3. The summed E-state index contributed by atoms with van der Waals surface area (Å²) in [6.07, 6.45) is 2.55. The highest BCUT2D eigenvalue weighted by Gasteiger charge is 2.55. The molecule has 5 rings (SSSR count). The first kappa shape index (κ1) is 42.8. The number of hydrogen-bond acceptors (Lipinski definition) is 11. The van der Waals surface area contributed by atoms with Crippen molar-refractivity contribution in [3.63, 3.8) is 0 Å². The van der Waals surface area contributed by atoms with E-state index >= 15 is 0 Å². The minimum atomic E-state index is -1.29. The van der Waals surface area contributed by atoms with E-state index in [1.54, 1.807) is 20.0 Å². The summed E-state index contributed by atoms with van der Waals surface area (Å²) in [5, 5.41) is 12.6. The van der Waals surface area contributed by atoms with E-state index in [0.717, 1.165) is 22.0 Å². The molecule has 11 nitrogen and oxygen atoms in total. The molecule has 13 atom stereocenters. The number of likely N-dealkylation sites (N-methyl/N-ethyl adjacent to an activating group) is 1. The molecule has 11 heteroatoms. The van der Waals surface area contributed by atoms with Gasteiger partial charge in [0.25, 0.3) is 0 Å². The number of hydrogen-bond donors (Lipinski definition) is 1. The maximum absolute atomic E-state index is 14.6. The summed E-state index contributed by atoms with van der Waals surface area (Å²) < 4.78 is 32.2. The van der Waals surface area contributed by atoms with Crippen LogP contribution < -0.4 is 0 Å². The van der Waals surface area contributed by atoms with Crippen LogP contribution in [0.4, 0.5) is 0 Å². The molecule has 0 bridgehead atoms. The number of ether oxygens (including phenoxy) is 5. The van der Waals surface area contributed by atoms with E-state index in [0.29, 0.717) is 12.8 Å². The van der Waals surface area contributed by atoms with Gasteiger partial charge < -0.3 is 33.7 Å². The number of aliphatic hydroxyl groups is 1. The van der Waals surface area contributed by atoms with Crippen molar-refractivity contribution in [2.45, 2.75) is 123 Å². The van der Waals surface area contributed by atoms with Gasteiger partial charge in [-0.1, -0.05) is 64.6 Å². The number of ketones is 2. The maximum Gasteiger partial charge on any atom is 0.316 e. The molecule has 302 valence electrons. The average molecular weight is 763 g/mol. The molecule has 0 saturated carbocycles. The second-order valence-electron chi connectivity index (χ2n) is 16.8. The molecule has 1 N–H and O–H groups in total. The zero-order valence-corrected chi connectivity index (χ0v) is 34.3. The molecule has 0 spiro atoms. The van der Waals surface area contributed by atoms with E-state index in [1.165, 1.54) is 0 Å². The quantitative estimate of drug-likeness (QED) is 0.187. The first-order chi connectivity index (χ1) is 25.9. The van der Waals surface area contributed by atoms with Crippen LogP contribution >= 0.6 is 0 Å². The molecule has 2 unspecified atom stereocenters. The zero-order chi connectivity index (χ0) is 40.4. The van der Waals surface area contributed by atoms with Crippen molar-refractivity contribution in [1.82, 2.24) is 9.88 Å². The number of cyclic esters (lactones) is 1. The van der Waals surface area contributed by atoms with Crippen molar-refractivity contribution >= 4 is 34.5 Å². The van der Waals surface area contributed by atoms with Gasteiger partial charge in [-0.3, -0.25) is 19.4 Å². The molecule has 3 aliphatic heterocycles. The van der Waals surface area contributed by atoms with Gasteiger partial charge in [-0.05, 0) is 84.3 Å². The van der Waals surface area contributed by atoms with Crippen LogP contribution in [0, 0.1) is 29.6 Å². The Morgan fingerprint density at radius 2 is 1.76 bits per heavy atom. The number of benzene rings is 1. The lowest BCUT2D eigenvalue weighted by Crippen LogP contribution is -2.59. The van der Waals surface area contributed by atoms with Crippen LogP contribution in [0.2, 0.25) is 0 Å². The molecule has 2 aromatic rings. The number of para-hydroxylation sites is 1. The highest BCUT2D eigenvalue weighted by molar-refractivity contribution is 6.00. The van der Waals surface area contributed by atoms with E-state index in [2.05, 4.69) is 11.6 Å². The molecular formula is C44H62N2O9. The van der Waals surface area contributed by atoms with Gasteiger partial charge in [0.15, 0.2) is 12.1 Å². The minimum Gasteiger partial charge on any atom is -0.459 e. The average Bonchev–Trinajstić information content (AvgIpc) is 3.47. The molecule has 0 amide bonds. The fourth-order valence-electron chi connectivity index (χ4n) is 9.25. The summed E-state index contributed by atoms with van der Waals surface area (Å²) in [5.41, 5.74) is 0.228. The minimum absolute atomic E-state index is 0.0324. The molecule has 3 fully saturated rings. The molecular weight excluding hydrogens is 700 g/mol. The Labute approximate surface area is 326 Å². The van der Waals surface area contributed by atoms with E-state index in [-0.39, 0.29) is 37.6 Å². The number of aliphatic hydroxyl groups excluding tert-OH is 1. The molecule has 0 radical (unpaired) electrons. The number of rotatable bonds is 8. The molecule has 1 aromatic carbocycles. The molecule has 1 aromatic heterocycles. The smallest absolute Gasteiger partial charge is 0.316 e. The van der Waals surface area contributed by atoms with Gasteiger partial charge >= 0.3 is 5.97 Å². The number of carbonyl (C=O) groups excluding carboxylic acids is 3. The van der Waals surface area contributed by atoms with Crippen molar-refractivity contribution in [3.8, 4) is 0 Å². The van der Waals surface area contributed by atoms with E-state index in [1.807, 2.05) is 103 Å². The summed E-state index contributed by atoms with van der Waals surface area (Å²) in [7, 11) is 3.78. The second kappa shape index (κ2) is 17.4. The Bertz CT molecular complexity index is 1740. The number of pyridine rings is 1. The first-order valence-electron chi connectivity index (χ1n) is 19.8. The highest BCUT2D eigenvalue weighted by atomic mass is 16.7. The first-order valence-corrected chi connectivity index (χ1v) is 19.8. The second-order valence-corrected chi connectivity index (χ2v) is 16.8. The standard InChI is InChI=1S/C44H62N2O9/c1-12-35-44(9)36(26(3)24-52-44)28(5)37(47)25(2)22-43(8,51-19-15-16-31-21-32-17-13-14-18-33(32)45-23-31)40(29(6)38(48)30(7)41(50)54-35)55-42-39(49)34(46(10)11)20-27(4)53-42/h13-18,21,23,25,27-30,34-36,39-40,42,49H,3,12,19-20,22,24H2,1-2,4-11H3/b16-15-/t25-,27-,28?,29+,30?,34+,35-,36+,39-,40-,42+,43-,44-/m1/s1. The van der Waals surface area contributed by atoms with E-state index < -0.39 is 77.1 Å². The summed E-state index contributed by atoms with van der Waals surface area (Å²) in [6, 6.07) is 9.64. The van der Waals surface area contributed by atoms with Crippen LogP contribution in [0.5, 0.6) is 0 Å². The van der Waals surface area contributed by atoms with Crippen molar-refractivity contribution < 1.29 is 43.2 Å². The van der Waals surface area contributed by atoms with Crippen LogP contribution in [0.3, 0.4) is 0 Å². The van der Waals surface area contributed by atoms with E-state index in [4.69, 9.17) is 23.7 Å². The Morgan fingerprint density at radius 1 is 1.05 bits per heavy atom. The van der Waals surface area contributed by atoms with Crippen molar-refractivity contribution in [1.29, 1.82) is 0 Å². The number of Topliss-reactive ketones (excluding diaryl/α,β-unsaturated/α-hetero) is 2. The van der Waals surface area contributed by atoms with E-state index in [9.17, 15) is 19.5 Å². The number of aromatic nitrogens is 1. The summed E-state index contributed by atoms with van der Waals surface area (Å²) in [5.74, 6) is -4.75. The number of carbonyl (C=O) groups is 3. The molecule has 4 heterocycles. The normalized spacial score (nSPS) is 38.4. The summed E-state index contributed by atoms with van der Waals surface area (Å²) >= 11 is 0.